The lowest BCUT2D eigenvalue weighted by Crippen LogP contribution is -2.50. The summed E-state index contributed by atoms with van der Waals surface area (Å²) in [5.74, 6) is 0.950. The fourth-order valence-electron chi connectivity index (χ4n) is 3.55. The number of thioether (sulfide) groups is 1. The van der Waals surface area contributed by atoms with E-state index in [1.54, 1.807) is 11.8 Å². The van der Waals surface area contributed by atoms with E-state index < -0.39 is 0 Å². The normalized spacial score (nSPS) is 24.1. The van der Waals surface area contributed by atoms with Gasteiger partial charge in [-0.05, 0) is 24.0 Å². The van der Waals surface area contributed by atoms with Gasteiger partial charge in [0, 0.05) is 26.2 Å². The summed E-state index contributed by atoms with van der Waals surface area (Å²) < 4.78 is 6.03. The van der Waals surface area contributed by atoms with Crippen LogP contribution in [0.5, 0.6) is 0 Å². The van der Waals surface area contributed by atoms with Crippen LogP contribution in [0, 0.1) is 0 Å². The molecule has 2 aliphatic heterocycles. The molecule has 5 nitrogen and oxygen atoms in total. The molecule has 2 unspecified atom stereocenters. The van der Waals surface area contributed by atoms with Gasteiger partial charge in [0.05, 0.1) is 18.8 Å². The average molecular weight is 342 g/mol. The lowest BCUT2D eigenvalue weighted by atomic mass is 10.1. The van der Waals surface area contributed by atoms with Crippen molar-refractivity contribution >= 4 is 17.6 Å². The second-order valence-electron chi connectivity index (χ2n) is 6.27. The van der Waals surface area contributed by atoms with Crippen molar-refractivity contribution in [1.29, 1.82) is 0 Å². The first-order valence-electron chi connectivity index (χ1n) is 8.36. The number of benzene rings is 1. The highest BCUT2D eigenvalue weighted by Gasteiger charge is 2.40. The predicted molar refractivity (Wildman–Crippen MR) is 96.4 cm³/mol. The summed E-state index contributed by atoms with van der Waals surface area (Å²) in [5.41, 5.74) is 1.36. The molecule has 0 spiro atoms. The highest BCUT2D eigenvalue weighted by Crippen LogP contribution is 2.27. The minimum atomic E-state index is 0.254. The molecule has 0 N–H and O–H groups in total. The van der Waals surface area contributed by atoms with Crippen molar-refractivity contribution < 1.29 is 4.74 Å². The molecule has 24 heavy (non-hydrogen) atoms. The molecule has 2 aromatic rings. The Balaban J connectivity index is 1.47. The maximum absolute atomic E-state index is 6.03. The van der Waals surface area contributed by atoms with Crippen molar-refractivity contribution in [2.24, 2.45) is 0 Å². The van der Waals surface area contributed by atoms with Gasteiger partial charge < -0.3 is 9.64 Å². The first-order valence-corrected chi connectivity index (χ1v) is 9.58. The van der Waals surface area contributed by atoms with Crippen LogP contribution in [0.15, 0.2) is 47.5 Å². The van der Waals surface area contributed by atoms with Gasteiger partial charge in [0.25, 0.3) is 0 Å². The van der Waals surface area contributed by atoms with E-state index in [-0.39, 0.29) is 6.10 Å². The third-order valence-electron chi connectivity index (χ3n) is 4.80. The molecule has 0 amide bonds. The molecule has 2 fully saturated rings. The maximum atomic E-state index is 6.03. The summed E-state index contributed by atoms with van der Waals surface area (Å²) in [4.78, 5) is 4.85. The molecule has 0 bridgehead atoms. The Morgan fingerprint density at radius 3 is 2.75 bits per heavy atom. The molecule has 0 aliphatic carbocycles. The molecule has 0 radical (unpaired) electrons. The first kappa shape index (κ1) is 15.9. The van der Waals surface area contributed by atoms with Crippen molar-refractivity contribution in [3.05, 3.63) is 48.0 Å². The van der Waals surface area contributed by atoms with Gasteiger partial charge in [-0.15, -0.1) is 22.0 Å². The summed E-state index contributed by atoms with van der Waals surface area (Å²) in [6.45, 7) is 4.62. The van der Waals surface area contributed by atoms with Crippen LogP contribution in [-0.2, 0) is 11.3 Å². The lowest BCUT2D eigenvalue weighted by Gasteiger charge is -2.36. The van der Waals surface area contributed by atoms with Gasteiger partial charge in [-0.1, -0.05) is 30.3 Å². The van der Waals surface area contributed by atoms with E-state index in [4.69, 9.17) is 4.74 Å². The van der Waals surface area contributed by atoms with Crippen LogP contribution in [0.3, 0.4) is 0 Å². The molecule has 0 saturated carbocycles. The zero-order chi connectivity index (χ0) is 16.4. The highest BCUT2D eigenvalue weighted by molar-refractivity contribution is 7.98. The molecule has 1 aromatic carbocycles. The molecule has 2 saturated heterocycles. The van der Waals surface area contributed by atoms with E-state index in [9.17, 15) is 0 Å². The summed E-state index contributed by atoms with van der Waals surface area (Å²) in [5, 5.41) is 9.60. The molecule has 1 aromatic heterocycles. The standard InChI is InChI=1S/C18H22N4OS/c1-24-18-8-7-17(19-20-18)22-12-15-16(13-22)23-10-9-21(15)11-14-5-3-2-4-6-14/h2-8,15-16H,9-13H2,1H3. The van der Waals surface area contributed by atoms with Gasteiger partial charge in [0.2, 0.25) is 0 Å². The van der Waals surface area contributed by atoms with E-state index in [2.05, 4.69) is 56.4 Å². The Morgan fingerprint density at radius 2 is 2.00 bits per heavy atom. The number of nitrogens with zero attached hydrogens (tertiary/aromatic N) is 4. The number of fused-ring (bicyclic) bond motifs is 1. The predicted octanol–water partition coefficient (Wildman–Crippen LogP) is 2.29. The van der Waals surface area contributed by atoms with Crippen LogP contribution in [0.2, 0.25) is 0 Å². The van der Waals surface area contributed by atoms with Crippen molar-refractivity contribution in [3.63, 3.8) is 0 Å². The van der Waals surface area contributed by atoms with Crippen molar-refractivity contribution in [3.8, 4) is 0 Å². The fourth-order valence-corrected chi connectivity index (χ4v) is 3.88. The number of rotatable bonds is 4. The number of morpholine rings is 1. The topological polar surface area (TPSA) is 41.5 Å². The van der Waals surface area contributed by atoms with Gasteiger partial charge in [-0.2, -0.15) is 0 Å². The van der Waals surface area contributed by atoms with Gasteiger partial charge in [-0.3, -0.25) is 4.90 Å². The first-order chi connectivity index (χ1) is 11.8. The Labute approximate surface area is 147 Å². The molecular weight excluding hydrogens is 320 g/mol. The Kier molecular flexibility index (Phi) is 4.69. The Morgan fingerprint density at radius 1 is 1.12 bits per heavy atom. The van der Waals surface area contributed by atoms with Crippen LogP contribution in [-0.4, -0.2) is 59.7 Å². The quantitative estimate of drug-likeness (QED) is 0.794. The molecule has 4 rings (SSSR count). The summed E-state index contributed by atoms with van der Waals surface area (Å²) >= 11 is 1.62. The molecule has 126 valence electrons. The van der Waals surface area contributed by atoms with Crippen LogP contribution in [0.25, 0.3) is 0 Å². The van der Waals surface area contributed by atoms with E-state index in [1.807, 2.05) is 12.3 Å². The summed E-state index contributed by atoms with van der Waals surface area (Å²) in [7, 11) is 0. The molecule has 3 heterocycles. The van der Waals surface area contributed by atoms with Gasteiger partial charge in [0.1, 0.15) is 5.03 Å². The number of hydrogen-bond acceptors (Lipinski definition) is 6. The second-order valence-corrected chi connectivity index (χ2v) is 7.10. The zero-order valence-corrected chi connectivity index (χ0v) is 14.7. The number of anilines is 1. The SMILES string of the molecule is CSc1ccc(N2CC3OCCN(Cc4ccccc4)C3C2)nn1. The average Bonchev–Trinajstić information content (AvgIpc) is 3.08. The third kappa shape index (κ3) is 3.27. The van der Waals surface area contributed by atoms with E-state index in [0.29, 0.717) is 6.04 Å². The zero-order valence-electron chi connectivity index (χ0n) is 13.8. The molecule has 2 aliphatic rings. The monoisotopic (exact) mass is 342 g/mol. The van der Waals surface area contributed by atoms with Crippen LogP contribution < -0.4 is 4.90 Å². The smallest absolute Gasteiger partial charge is 0.151 e. The van der Waals surface area contributed by atoms with Gasteiger partial charge in [-0.25, -0.2) is 0 Å². The van der Waals surface area contributed by atoms with E-state index in [1.165, 1.54) is 5.56 Å². The Bertz CT molecular complexity index is 666. The molecule has 2 atom stereocenters. The number of hydrogen-bond donors (Lipinski definition) is 0. The second kappa shape index (κ2) is 7.09. The number of aromatic nitrogens is 2. The molecule has 6 heteroatoms. The van der Waals surface area contributed by atoms with Crippen molar-refractivity contribution in [2.75, 3.05) is 37.4 Å². The van der Waals surface area contributed by atoms with Crippen LogP contribution in [0.1, 0.15) is 5.56 Å². The number of ether oxygens (including phenoxy) is 1. The largest absolute Gasteiger partial charge is 0.373 e. The van der Waals surface area contributed by atoms with Gasteiger partial charge >= 0.3 is 0 Å². The molecular formula is C18H22N4OS. The fraction of sp³-hybridized carbons (Fsp3) is 0.444. The van der Waals surface area contributed by atoms with Crippen molar-refractivity contribution in [2.45, 2.75) is 23.7 Å². The van der Waals surface area contributed by atoms with Crippen molar-refractivity contribution in [1.82, 2.24) is 15.1 Å². The highest BCUT2D eigenvalue weighted by atomic mass is 32.2. The minimum Gasteiger partial charge on any atom is -0.373 e. The maximum Gasteiger partial charge on any atom is 0.151 e. The summed E-state index contributed by atoms with van der Waals surface area (Å²) in [6.07, 6.45) is 2.27. The third-order valence-corrected chi connectivity index (χ3v) is 5.44. The van der Waals surface area contributed by atoms with Crippen LogP contribution in [0.4, 0.5) is 5.82 Å². The van der Waals surface area contributed by atoms with Gasteiger partial charge in [0.15, 0.2) is 5.82 Å². The van der Waals surface area contributed by atoms with E-state index >= 15 is 0 Å². The Hall–Kier alpha value is -1.63. The van der Waals surface area contributed by atoms with Crippen LogP contribution >= 0.6 is 11.8 Å². The summed E-state index contributed by atoms with van der Waals surface area (Å²) in [6, 6.07) is 15.2. The lowest BCUT2D eigenvalue weighted by molar-refractivity contribution is -0.0499. The minimum absolute atomic E-state index is 0.254. The van der Waals surface area contributed by atoms with E-state index in [0.717, 1.165) is 43.6 Å².